The number of hydrogen-bond donors (Lipinski definition) is 0. The van der Waals surface area contributed by atoms with Gasteiger partial charge < -0.3 is 4.90 Å². The maximum absolute atomic E-state index is 12.6. The van der Waals surface area contributed by atoms with Crippen molar-refractivity contribution in [2.45, 2.75) is 17.7 Å². The molecular weight excluding hydrogens is 286 g/mol. The number of fused-ring (bicyclic) bond motifs is 3. The van der Waals surface area contributed by atoms with Gasteiger partial charge in [-0.05, 0) is 29.3 Å². The van der Waals surface area contributed by atoms with Gasteiger partial charge in [-0.2, -0.15) is 0 Å². The van der Waals surface area contributed by atoms with Gasteiger partial charge >= 0.3 is 0 Å². The van der Waals surface area contributed by atoms with Gasteiger partial charge in [-0.15, -0.1) is 0 Å². The van der Waals surface area contributed by atoms with Crippen LogP contribution in [0.3, 0.4) is 0 Å². The Kier molecular flexibility index (Phi) is 2.63. The smallest absolute Gasteiger partial charge is 0.254 e. The summed E-state index contributed by atoms with van der Waals surface area (Å²) in [6, 6.07) is 13.4. The van der Waals surface area contributed by atoms with Gasteiger partial charge in [-0.25, -0.2) is 8.42 Å². The van der Waals surface area contributed by atoms with Crippen molar-refractivity contribution < 1.29 is 13.2 Å². The van der Waals surface area contributed by atoms with E-state index in [0.29, 0.717) is 18.5 Å². The minimum absolute atomic E-state index is 0.0526. The monoisotopic (exact) mass is 301 g/mol. The van der Waals surface area contributed by atoms with Crippen LogP contribution in [0.5, 0.6) is 0 Å². The molecule has 0 N–H and O–H groups in total. The van der Waals surface area contributed by atoms with Crippen molar-refractivity contribution in [3.63, 3.8) is 0 Å². The summed E-state index contributed by atoms with van der Waals surface area (Å²) in [5.41, 5.74) is 0.638. The number of benzene rings is 2. The lowest BCUT2D eigenvalue weighted by molar-refractivity contribution is 0.0746. The molecule has 2 fully saturated rings. The van der Waals surface area contributed by atoms with Crippen molar-refractivity contribution in [1.29, 1.82) is 0 Å². The van der Waals surface area contributed by atoms with Gasteiger partial charge in [0, 0.05) is 18.2 Å². The Balaban J connectivity index is 1.66. The molecule has 0 aliphatic carbocycles. The first kappa shape index (κ1) is 12.8. The van der Waals surface area contributed by atoms with Crippen molar-refractivity contribution in [2.24, 2.45) is 0 Å². The van der Waals surface area contributed by atoms with E-state index in [1.54, 1.807) is 4.90 Å². The number of nitrogens with zero attached hydrogens (tertiary/aromatic N) is 1. The molecule has 2 heterocycles. The fourth-order valence-electron chi connectivity index (χ4n) is 3.43. The normalized spacial score (nSPS) is 26.4. The SMILES string of the molecule is O=C(c1ccc2ccccc2c1)N1CC2CC1CS2(=O)=O. The fourth-order valence-corrected chi connectivity index (χ4v) is 5.46. The Morgan fingerprint density at radius 2 is 1.86 bits per heavy atom. The van der Waals surface area contributed by atoms with Crippen LogP contribution in [0.4, 0.5) is 0 Å². The van der Waals surface area contributed by atoms with Gasteiger partial charge in [0.15, 0.2) is 9.84 Å². The minimum Gasteiger partial charge on any atom is -0.333 e. The van der Waals surface area contributed by atoms with E-state index in [1.807, 2.05) is 42.5 Å². The van der Waals surface area contributed by atoms with Crippen molar-refractivity contribution >= 4 is 26.5 Å². The maximum atomic E-state index is 12.6. The van der Waals surface area contributed by atoms with E-state index >= 15 is 0 Å². The summed E-state index contributed by atoms with van der Waals surface area (Å²) in [6.45, 7) is 0.346. The van der Waals surface area contributed by atoms with Crippen LogP contribution >= 0.6 is 0 Å². The van der Waals surface area contributed by atoms with Crippen LogP contribution in [0.15, 0.2) is 42.5 Å². The van der Waals surface area contributed by atoms with Gasteiger partial charge in [0.2, 0.25) is 0 Å². The summed E-state index contributed by atoms with van der Waals surface area (Å²) in [6.07, 6.45) is 0.599. The second-order valence-corrected chi connectivity index (χ2v) is 8.19. The number of hydrogen-bond acceptors (Lipinski definition) is 3. The Hall–Kier alpha value is -1.88. The van der Waals surface area contributed by atoms with Crippen molar-refractivity contribution in [3.8, 4) is 0 Å². The molecule has 0 saturated carbocycles. The van der Waals surface area contributed by atoms with Crippen molar-refractivity contribution in [1.82, 2.24) is 4.90 Å². The van der Waals surface area contributed by atoms with Gasteiger partial charge in [0.25, 0.3) is 5.91 Å². The van der Waals surface area contributed by atoms with Crippen LogP contribution in [-0.4, -0.2) is 42.8 Å². The lowest BCUT2D eigenvalue weighted by Crippen LogP contribution is -2.44. The minimum atomic E-state index is -2.96. The summed E-state index contributed by atoms with van der Waals surface area (Å²) >= 11 is 0. The second-order valence-electron chi connectivity index (χ2n) is 5.86. The highest BCUT2D eigenvalue weighted by Gasteiger charge is 2.50. The molecule has 2 bridgehead atoms. The van der Waals surface area contributed by atoms with Gasteiger partial charge in [-0.3, -0.25) is 4.79 Å². The maximum Gasteiger partial charge on any atom is 0.254 e. The van der Waals surface area contributed by atoms with Crippen molar-refractivity contribution in [2.75, 3.05) is 12.3 Å². The van der Waals surface area contributed by atoms with E-state index in [-0.39, 0.29) is 23.0 Å². The zero-order chi connectivity index (χ0) is 14.6. The molecule has 2 atom stereocenters. The lowest BCUT2D eigenvalue weighted by Gasteiger charge is -2.27. The average Bonchev–Trinajstić information content (AvgIpc) is 3.02. The quantitative estimate of drug-likeness (QED) is 0.808. The molecule has 5 heteroatoms. The van der Waals surface area contributed by atoms with Crippen LogP contribution < -0.4 is 0 Å². The number of carbonyl (C=O) groups excluding carboxylic acids is 1. The second kappa shape index (κ2) is 4.31. The predicted octanol–water partition coefficient (Wildman–Crippen LogP) is 1.85. The van der Waals surface area contributed by atoms with E-state index < -0.39 is 9.84 Å². The standard InChI is InChI=1S/C16H15NO3S/c18-16(17-9-15-8-14(17)10-21(15,19)20)13-6-5-11-3-1-2-4-12(11)7-13/h1-7,14-15H,8-10H2. The van der Waals surface area contributed by atoms with Crippen LogP contribution in [0.1, 0.15) is 16.8 Å². The molecule has 1 amide bonds. The molecule has 2 aromatic carbocycles. The molecule has 4 rings (SSSR count). The number of rotatable bonds is 1. The average molecular weight is 301 g/mol. The van der Waals surface area contributed by atoms with E-state index in [0.717, 1.165) is 10.8 Å². The van der Waals surface area contributed by atoms with Crippen LogP contribution in [0.2, 0.25) is 0 Å². The number of sulfone groups is 1. The predicted molar refractivity (Wildman–Crippen MR) is 81.0 cm³/mol. The first-order valence-corrected chi connectivity index (χ1v) is 8.77. The first-order valence-electron chi connectivity index (χ1n) is 7.06. The molecule has 2 aliphatic heterocycles. The highest BCUT2D eigenvalue weighted by molar-refractivity contribution is 7.92. The number of likely N-dealkylation sites (tertiary alicyclic amines) is 1. The third-order valence-electron chi connectivity index (χ3n) is 4.57. The van der Waals surface area contributed by atoms with Crippen LogP contribution in [0, 0.1) is 0 Å². The fraction of sp³-hybridized carbons (Fsp3) is 0.312. The third-order valence-corrected chi connectivity index (χ3v) is 6.77. The Morgan fingerprint density at radius 1 is 1.10 bits per heavy atom. The topological polar surface area (TPSA) is 54.5 Å². The molecule has 4 nitrogen and oxygen atoms in total. The Morgan fingerprint density at radius 3 is 2.52 bits per heavy atom. The summed E-state index contributed by atoms with van der Waals surface area (Å²) < 4.78 is 23.5. The summed E-state index contributed by atoms with van der Waals surface area (Å²) in [4.78, 5) is 14.4. The van der Waals surface area contributed by atoms with Gasteiger partial charge in [0.1, 0.15) is 0 Å². The highest BCUT2D eigenvalue weighted by atomic mass is 32.2. The first-order chi connectivity index (χ1) is 10.0. The molecule has 2 aromatic rings. The van der Waals surface area contributed by atoms with E-state index in [2.05, 4.69) is 0 Å². The van der Waals surface area contributed by atoms with E-state index in [1.165, 1.54) is 0 Å². The molecule has 2 saturated heterocycles. The zero-order valence-electron chi connectivity index (χ0n) is 11.4. The highest BCUT2D eigenvalue weighted by Crippen LogP contribution is 2.34. The Bertz CT molecular complexity index is 843. The van der Waals surface area contributed by atoms with Crippen molar-refractivity contribution in [3.05, 3.63) is 48.0 Å². The summed E-state index contributed by atoms with van der Waals surface area (Å²) in [5, 5.41) is 1.77. The van der Waals surface area contributed by atoms with Gasteiger partial charge in [-0.1, -0.05) is 30.3 Å². The molecular formula is C16H15NO3S. The molecule has 0 radical (unpaired) electrons. The van der Waals surface area contributed by atoms with Crippen LogP contribution in [0.25, 0.3) is 10.8 Å². The summed E-state index contributed by atoms with van der Waals surface area (Å²) in [7, 11) is -2.96. The largest absolute Gasteiger partial charge is 0.333 e. The lowest BCUT2D eigenvalue weighted by atomic mass is 10.1. The molecule has 2 aliphatic rings. The Labute approximate surface area is 123 Å². The van der Waals surface area contributed by atoms with Gasteiger partial charge in [0.05, 0.1) is 11.0 Å². The molecule has 2 unspecified atom stereocenters. The molecule has 0 aromatic heterocycles. The van der Waals surface area contributed by atoms with E-state index in [9.17, 15) is 13.2 Å². The molecule has 21 heavy (non-hydrogen) atoms. The third kappa shape index (κ3) is 1.95. The number of carbonyl (C=O) groups is 1. The number of amides is 1. The van der Waals surface area contributed by atoms with Crippen LogP contribution in [-0.2, 0) is 9.84 Å². The summed E-state index contributed by atoms with van der Waals surface area (Å²) in [5.74, 6) is 0.0694. The molecule has 108 valence electrons. The van der Waals surface area contributed by atoms with E-state index in [4.69, 9.17) is 0 Å². The zero-order valence-corrected chi connectivity index (χ0v) is 12.2. The molecule has 0 spiro atoms.